The molecule has 4 unspecified atom stereocenters. The summed E-state index contributed by atoms with van der Waals surface area (Å²) in [5, 5.41) is 88.5. The van der Waals surface area contributed by atoms with Crippen molar-refractivity contribution in [2.75, 3.05) is 55.9 Å². The quantitative estimate of drug-likeness (QED) is 0.00712. The van der Waals surface area contributed by atoms with Crippen LogP contribution in [-0.2, 0) is 40.4 Å². The van der Waals surface area contributed by atoms with Gasteiger partial charge in [0.25, 0.3) is 6.47 Å². The van der Waals surface area contributed by atoms with E-state index in [-0.39, 0.29) is 67.7 Å². The first-order valence-corrected chi connectivity index (χ1v) is 45.3. The summed E-state index contributed by atoms with van der Waals surface area (Å²) in [6.45, 7) is 4.33. The summed E-state index contributed by atoms with van der Waals surface area (Å²) >= 11 is 6.94. The number of nitrogens with zero attached hydrogens (tertiary/aromatic N) is 6. The van der Waals surface area contributed by atoms with Crippen LogP contribution in [0.3, 0.4) is 0 Å². The van der Waals surface area contributed by atoms with Gasteiger partial charge in [0.2, 0.25) is 11.0 Å². The highest BCUT2D eigenvalue weighted by molar-refractivity contribution is 7.22. The number of aryl methyl sites for hydroxylation is 2. The minimum absolute atomic E-state index is 0.00275. The summed E-state index contributed by atoms with van der Waals surface area (Å²) in [6, 6.07) is 71.7. The number of carbonyl (C=O) groups excluding carboxylic acids is 4. The van der Waals surface area contributed by atoms with Gasteiger partial charge in [-0.15, -0.1) is 55.5 Å². The zero-order chi connectivity index (χ0) is 106. The van der Waals surface area contributed by atoms with Crippen LogP contribution < -0.4 is 63.1 Å². The Kier molecular flexibility index (Phi) is 42.1. The molecule has 4 atom stereocenters. The number of amidine groups is 4. The predicted molar refractivity (Wildman–Crippen MR) is 521 cm³/mol. The monoisotopic (exact) mass is 2090 g/mol. The zero-order valence-electron chi connectivity index (χ0n) is 75.3. The number of amides is 5. The number of alkyl halides is 9. The van der Waals surface area contributed by atoms with Crippen molar-refractivity contribution < 1.29 is 136 Å². The van der Waals surface area contributed by atoms with E-state index in [9.17, 15) is 58.7 Å². The molecule has 0 aliphatic rings. The number of urea groups is 1. The number of carboxylic acid groups (broad SMARTS) is 4. The number of likely N-dealkylation sites (N-methyl/N-ethyl adjacent to an activating group) is 1. The molecule has 0 bridgehead atoms. The number of nitrogens with one attached hydrogen (secondary N) is 8. The molecule has 7 aromatic heterocycles. The molecule has 0 saturated heterocycles. The number of anilines is 3. The minimum atomic E-state index is -5.08. The molecule has 758 valence electrons. The lowest BCUT2D eigenvalue weighted by atomic mass is 10.1. The number of halogens is 9. The Morgan fingerprint density at radius 2 is 0.778 bits per heavy atom. The highest BCUT2D eigenvalue weighted by Gasteiger charge is 2.40. The van der Waals surface area contributed by atoms with Crippen molar-refractivity contribution in [2.45, 2.75) is 56.8 Å². The molecule has 15 rings (SSSR count). The van der Waals surface area contributed by atoms with Gasteiger partial charge in [-0.1, -0.05) is 162 Å². The van der Waals surface area contributed by atoms with Gasteiger partial charge >= 0.3 is 60.7 Å². The van der Waals surface area contributed by atoms with Crippen molar-refractivity contribution in [2.24, 2.45) is 30.0 Å². The fraction of sp³-hybridized carbons (Fsp3) is 0.174. The molecule has 144 heavy (non-hydrogen) atoms. The maximum absolute atomic E-state index is 12.2. The van der Waals surface area contributed by atoms with E-state index in [1.54, 1.807) is 48.9 Å². The predicted octanol–water partition coefficient (Wildman–Crippen LogP) is 19.1. The number of aliphatic carboxylic acids is 3. The lowest BCUT2D eigenvalue weighted by molar-refractivity contribution is -0.193. The molecule has 0 spiro atoms. The van der Waals surface area contributed by atoms with E-state index >= 15 is 0 Å². The summed E-state index contributed by atoms with van der Waals surface area (Å²) in [5.41, 5.74) is 28.3. The number of hydrogen-bond donors (Lipinski definition) is 16. The largest absolute Gasteiger partial charge is 0.490 e. The number of fused-ring (bicyclic) bond motifs is 4. The fourth-order valence-corrected chi connectivity index (χ4v) is 16.0. The average Bonchev–Trinajstić information content (AvgIpc) is 1.66. The second-order valence-electron chi connectivity index (χ2n) is 28.7. The van der Waals surface area contributed by atoms with Crippen LogP contribution in [0.25, 0.3) is 40.3 Å². The molecule has 15 aromatic rings. The van der Waals surface area contributed by atoms with Gasteiger partial charge in [0.15, 0.2) is 24.1 Å². The van der Waals surface area contributed by atoms with Crippen molar-refractivity contribution in [1.82, 2.24) is 35.4 Å². The molecular weight excluding hydrogens is 2010 g/mol. The van der Waals surface area contributed by atoms with Crippen molar-refractivity contribution in [3.63, 3.8) is 0 Å². The van der Waals surface area contributed by atoms with Gasteiger partial charge in [-0.05, 0) is 109 Å². The molecule has 38 nitrogen and oxygen atoms in total. The van der Waals surface area contributed by atoms with Crippen LogP contribution in [0.2, 0.25) is 0 Å². The van der Waals surface area contributed by atoms with Crippen molar-refractivity contribution >= 4 is 186 Å². The number of ether oxygens (including phenoxy) is 7. The number of aromatic nitrogens is 5. The smallest absolute Gasteiger partial charge is 0.483 e. The summed E-state index contributed by atoms with van der Waals surface area (Å²) in [4.78, 5) is 88.1. The highest BCUT2D eigenvalue weighted by atomic mass is 32.1. The second kappa shape index (κ2) is 54.0. The average molecular weight is 2100 g/mol. The lowest BCUT2D eigenvalue weighted by Gasteiger charge is -2.26. The topological polar surface area (TPSA) is 603 Å². The van der Waals surface area contributed by atoms with Gasteiger partial charge in [-0.25, -0.2) is 33.6 Å². The molecule has 8 aromatic carbocycles. The number of thiophene rings is 4. The third kappa shape index (κ3) is 35.7. The van der Waals surface area contributed by atoms with E-state index in [1.807, 2.05) is 225 Å². The number of nitrogen functional groups attached to an aromatic ring is 4. The fourth-order valence-electron chi connectivity index (χ4n) is 11.8. The number of nitrogens with two attached hydrogens (primary N) is 4. The van der Waals surface area contributed by atoms with Gasteiger partial charge in [-0.2, -0.15) is 44.6 Å². The number of carboxylic acids is 3. The van der Waals surface area contributed by atoms with Crippen LogP contribution in [0.1, 0.15) is 78.8 Å². The van der Waals surface area contributed by atoms with Crippen molar-refractivity contribution in [1.29, 1.82) is 21.6 Å². The summed E-state index contributed by atoms with van der Waals surface area (Å²) in [5.74, 6) is -5.00. The molecule has 7 heterocycles. The molecule has 0 radical (unpaired) electrons. The Morgan fingerprint density at radius 3 is 1.05 bits per heavy atom. The molecule has 0 aliphatic heterocycles. The number of carbonyl (C=O) groups is 8. The van der Waals surface area contributed by atoms with E-state index in [0.29, 0.717) is 72.2 Å². The Bertz CT molecular complexity index is 6590. The minimum Gasteiger partial charge on any atom is -0.483 e. The van der Waals surface area contributed by atoms with Crippen LogP contribution in [0.4, 0.5) is 75.5 Å². The summed E-state index contributed by atoms with van der Waals surface area (Å²) in [6.07, 6.45) is -17.4. The molecule has 0 fully saturated rings. The number of rotatable bonds is 28. The highest BCUT2D eigenvalue weighted by Crippen LogP contribution is 2.41. The molecule has 20 N–H and O–H groups in total. The Morgan fingerprint density at radius 1 is 0.472 bits per heavy atom. The van der Waals surface area contributed by atoms with E-state index in [4.69, 9.17) is 122 Å². The molecule has 5 amide bonds. The lowest BCUT2D eigenvalue weighted by Crippen LogP contribution is -2.40. The molecule has 52 heteroatoms. The van der Waals surface area contributed by atoms with Crippen molar-refractivity contribution in [3.05, 3.63) is 290 Å². The maximum Gasteiger partial charge on any atom is 0.490 e. The summed E-state index contributed by atoms with van der Waals surface area (Å²) in [7, 11) is 3.52. The van der Waals surface area contributed by atoms with Crippen LogP contribution >= 0.6 is 56.7 Å². The van der Waals surface area contributed by atoms with Gasteiger partial charge in [0.1, 0.15) is 77.8 Å². The van der Waals surface area contributed by atoms with Crippen LogP contribution in [-0.4, -0.2) is 181 Å². The van der Waals surface area contributed by atoms with Gasteiger partial charge in [-0.3, -0.25) is 47.1 Å². The Balaban J connectivity index is 0.000000217. The Labute approximate surface area is 829 Å². The maximum atomic E-state index is 12.2. The molecule has 0 saturated carbocycles. The zero-order valence-corrected chi connectivity index (χ0v) is 79.4. The van der Waals surface area contributed by atoms with E-state index < -0.39 is 73.0 Å². The van der Waals surface area contributed by atoms with Gasteiger partial charge in [0.05, 0.1) is 31.7 Å². The van der Waals surface area contributed by atoms with Crippen LogP contribution in [0.15, 0.2) is 247 Å². The third-order valence-corrected chi connectivity index (χ3v) is 23.4. The first-order valence-electron chi connectivity index (χ1n) is 41.1. The molecule has 0 aliphatic carbocycles. The number of hydrogen-bond acceptors (Lipinski definition) is 29. The van der Waals surface area contributed by atoms with Crippen molar-refractivity contribution in [3.8, 4) is 23.0 Å². The summed E-state index contributed by atoms with van der Waals surface area (Å²) < 4.78 is 147. The SMILES string of the molecule is CCNC(=O)N(C)CC(Oc1cccc2sc(C(=N)N)cc12)c1ccccc1.Cc1cc(NC(=O)OCC(Oc2cccc3sc(C(=N)N)cc23)c2ccccc2)on1.Cn1ccc(NC(=O)OCC(Oc2cccc3sc(C(=N)N)cc23)c2ccccc2)n1.N=C(N)c1cc2c(OC(COC(=O)Nc3nncs3)c3ccccc3)cccc2s1.O=C(O)C(F)(F)F.O=C(O)C(F)(F)F.O=C(O)C(F)(F)F.O=CO. The standard InChI is InChI=1S/C22H21N5O3S.C22H20N4O4S.C21H24N4O2S.C20H17N5O3S2.3C2HF3O2.CH2O2/c1-27-11-10-20(26-27)25-22(28)29-13-17(14-6-3-2-4-7-14)30-16-8-5-9-18-15(16)12-19(31-18)21(23)24;1-13-10-20(30-26-13)25-22(27)28-12-17(14-6-3-2-4-7-14)29-16-8-5-9-18-15(16)11-19(31-18)21(23)24;1-3-24-21(26)25(2)13-17(14-8-5-4-6-9-14)27-16-10-7-11-18-15(16)12-19(28-18)20(22)23;21-18(22)17-9-13-14(7-4-8-16(13)30-17)28-15(12-5-2-1-3-6-12)10-27-20(26)24-19-25-23-11-29-19;3*3-2(4,5)1(6)7;2-1-3/h2-12,17H,13H2,1H3,(H3,23,24)(H,25,26,28);2-11,17H,12H2,1H3,(H3,23,24)(H,25,27);4-12,17H,3,13H2,1-2H3,(H3,22,23)(H,24,26);1-9,11,15H,10H2,(H3,21,22)(H,24,25,26);3*(H,6,7);1H,(H,2,3). The van der Waals surface area contributed by atoms with Gasteiger partial charge < -0.3 is 91.3 Å². The van der Waals surface area contributed by atoms with Gasteiger partial charge in [0, 0.05) is 79.3 Å². The van der Waals surface area contributed by atoms with E-state index in [2.05, 4.69) is 41.7 Å². The third-order valence-electron chi connectivity index (χ3n) is 18.2. The second-order valence-corrected chi connectivity index (χ2v) is 33.9. The van der Waals surface area contributed by atoms with Crippen LogP contribution in [0.5, 0.6) is 23.0 Å². The van der Waals surface area contributed by atoms with E-state index in [0.717, 1.165) is 62.6 Å². The van der Waals surface area contributed by atoms with Crippen LogP contribution in [0, 0.1) is 28.6 Å². The Hall–Kier alpha value is -17.0. The number of benzene rings is 8. The first-order chi connectivity index (χ1) is 68.3. The molecular formula is C92H87F9N18O20S5. The first kappa shape index (κ1) is 112. The normalized spacial score (nSPS) is 11.5. The van der Waals surface area contributed by atoms with E-state index in [1.165, 1.54) is 62.2 Å².